The van der Waals surface area contributed by atoms with E-state index in [1.54, 1.807) is 6.08 Å². The van der Waals surface area contributed by atoms with E-state index < -0.39 is 59.2 Å². The van der Waals surface area contributed by atoms with Crippen LogP contribution in [0.1, 0.15) is 56.9 Å². The van der Waals surface area contributed by atoms with Gasteiger partial charge >= 0.3 is 17.9 Å². The molecule has 3 atom stereocenters. The average molecular weight is 578 g/mol. The van der Waals surface area contributed by atoms with E-state index in [9.17, 15) is 44.3 Å². The third-order valence-electron chi connectivity index (χ3n) is 5.69. The summed E-state index contributed by atoms with van der Waals surface area (Å²) < 4.78 is 0. The molecule has 0 aliphatic heterocycles. The van der Waals surface area contributed by atoms with Crippen LogP contribution < -0.4 is 16.4 Å². The molecule has 0 heterocycles. The van der Waals surface area contributed by atoms with Crippen LogP contribution in [0, 0.1) is 10.1 Å². The van der Waals surface area contributed by atoms with Crippen molar-refractivity contribution in [1.29, 1.82) is 0 Å². The first kappa shape index (κ1) is 34.0. The highest BCUT2D eigenvalue weighted by Gasteiger charge is 2.24. The van der Waals surface area contributed by atoms with E-state index in [-0.39, 0.29) is 55.5 Å². The Kier molecular flexibility index (Phi) is 14.6. The van der Waals surface area contributed by atoms with Gasteiger partial charge in [0.1, 0.15) is 18.1 Å². The molecule has 0 fully saturated rings. The molecule has 0 aromatic heterocycles. The van der Waals surface area contributed by atoms with Crippen LogP contribution in [0.4, 0.5) is 11.4 Å². The van der Waals surface area contributed by atoms with Gasteiger partial charge in [-0.15, -0.1) is 0 Å². The maximum absolute atomic E-state index is 12.2. The number of carbonyl (C=O) groups is 5. The zero-order valence-electron chi connectivity index (χ0n) is 21.8. The Hall–Kier alpha value is -5.02. The highest BCUT2D eigenvalue weighted by molar-refractivity contribution is 5.86. The summed E-state index contributed by atoms with van der Waals surface area (Å²) in [5.41, 5.74) is 13.9. The van der Waals surface area contributed by atoms with Crippen LogP contribution >= 0.6 is 0 Å². The van der Waals surface area contributed by atoms with Gasteiger partial charge < -0.3 is 31.7 Å². The Morgan fingerprint density at radius 2 is 1.59 bits per heavy atom. The Bertz CT molecular complexity index is 1210. The number of nitrogens with two attached hydrogens (primary N) is 1. The zero-order valence-corrected chi connectivity index (χ0v) is 21.8. The van der Waals surface area contributed by atoms with E-state index in [2.05, 4.69) is 20.7 Å². The van der Waals surface area contributed by atoms with Crippen LogP contribution in [0.25, 0.3) is 16.5 Å². The zero-order chi connectivity index (χ0) is 30.9. The Labute approximate surface area is 233 Å². The van der Waals surface area contributed by atoms with Crippen molar-refractivity contribution in [3.05, 3.63) is 50.4 Å². The van der Waals surface area contributed by atoms with Crippen molar-refractivity contribution in [2.45, 2.75) is 69.5 Å². The molecule has 0 radical (unpaired) electrons. The number of rotatable bonds is 19. The smallest absolute Gasteiger partial charge is 0.326 e. The first-order chi connectivity index (χ1) is 19.3. The van der Waals surface area contributed by atoms with E-state index in [0.29, 0.717) is 6.42 Å². The molecule has 2 unspecified atom stereocenters. The summed E-state index contributed by atoms with van der Waals surface area (Å²) in [6.45, 7) is 0. The number of carbonyl (C=O) groups excluding carboxylic acids is 2. The molecule has 41 heavy (non-hydrogen) atoms. The number of azide groups is 1. The van der Waals surface area contributed by atoms with Crippen molar-refractivity contribution in [3.63, 3.8) is 0 Å². The summed E-state index contributed by atoms with van der Waals surface area (Å²) in [7, 11) is 0. The lowest BCUT2D eigenvalue weighted by Gasteiger charge is -2.17. The van der Waals surface area contributed by atoms with Crippen LogP contribution in [-0.2, 0) is 24.0 Å². The van der Waals surface area contributed by atoms with E-state index in [4.69, 9.17) is 16.4 Å². The fourth-order valence-corrected chi connectivity index (χ4v) is 3.52. The summed E-state index contributed by atoms with van der Waals surface area (Å²) in [6, 6.07) is 0.0528. The molecule has 1 aromatic carbocycles. The molecular formula is C24H31N7O10. The molecular weight excluding hydrogens is 546 g/mol. The number of unbranched alkanes of at least 4 members (excludes halogenated alkanes) is 1. The normalized spacial score (nSPS) is 12.9. The largest absolute Gasteiger partial charge is 0.480 e. The van der Waals surface area contributed by atoms with E-state index in [1.165, 1.54) is 18.2 Å². The number of nitrogens with one attached hydrogen (secondary N) is 2. The fraction of sp³-hybridized carbons (Fsp3) is 0.458. The molecule has 0 saturated heterocycles. The van der Waals surface area contributed by atoms with Crippen molar-refractivity contribution in [3.8, 4) is 0 Å². The maximum atomic E-state index is 12.2. The second-order valence-electron chi connectivity index (χ2n) is 8.82. The first-order valence-corrected chi connectivity index (χ1v) is 12.4. The number of nitro groups is 1. The number of nitrogens with zero attached hydrogens (tertiary/aromatic N) is 4. The molecule has 0 aliphatic carbocycles. The predicted octanol–water partition coefficient (Wildman–Crippen LogP) is 2.22. The summed E-state index contributed by atoms with van der Waals surface area (Å²) in [5, 5.41) is 46.5. The minimum Gasteiger partial charge on any atom is -0.480 e. The van der Waals surface area contributed by atoms with Gasteiger partial charge in [-0.3, -0.25) is 24.5 Å². The van der Waals surface area contributed by atoms with Crippen molar-refractivity contribution < 1.29 is 44.2 Å². The minimum absolute atomic E-state index is 0.00375. The Morgan fingerprint density at radius 1 is 0.976 bits per heavy atom. The summed E-state index contributed by atoms with van der Waals surface area (Å²) in [6.07, 6.45) is 2.95. The maximum Gasteiger partial charge on any atom is 0.326 e. The first-order valence-electron chi connectivity index (χ1n) is 12.4. The third-order valence-corrected chi connectivity index (χ3v) is 5.69. The predicted molar refractivity (Wildman–Crippen MR) is 143 cm³/mol. The lowest BCUT2D eigenvalue weighted by Crippen LogP contribution is -2.44. The number of benzene rings is 1. The molecule has 0 spiro atoms. The molecule has 1 aromatic rings. The lowest BCUT2D eigenvalue weighted by molar-refractivity contribution is -0.385. The Morgan fingerprint density at radius 3 is 2.15 bits per heavy atom. The summed E-state index contributed by atoms with van der Waals surface area (Å²) in [5.74, 6) is -5.33. The number of carboxylic acids is 3. The lowest BCUT2D eigenvalue weighted by atomic mass is 10.1. The van der Waals surface area contributed by atoms with Gasteiger partial charge in [-0.25, -0.2) is 9.59 Å². The third kappa shape index (κ3) is 13.1. The van der Waals surface area contributed by atoms with Crippen LogP contribution in [-0.4, -0.2) is 68.1 Å². The number of hydrogen-bond acceptors (Lipinski definition) is 9. The topological polar surface area (TPSA) is 288 Å². The van der Waals surface area contributed by atoms with Gasteiger partial charge in [-0.1, -0.05) is 23.3 Å². The Balaban J connectivity index is 2.54. The molecule has 17 nitrogen and oxygen atoms in total. The van der Waals surface area contributed by atoms with Gasteiger partial charge in [0.05, 0.1) is 10.5 Å². The number of amides is 2. The molecule has 0 aliphatic rings. The van der Waals surface area contributed by atoms with Crippen LogP contribution in [0.5, 0.6) is 0 Å². The van der Waals surface area contributed by atoms with Gasteiger partial charge in [-0.05, 0) is 50.1 Å². The number of nitro benzene ring substituents is 1. The van der Waals surface area contributed by atoms with E-state index in [0.717, 1.165) is 6.07 Å². The molecule has 17 heteroatoms. The SMILES string of the molecule is [N-]=[N+]=Nc1ccc(/C=C/CCCC(=O)N[C@H](CCC(=O)NC(CCCC(N)C(=O)O)C(=O)O)C(=O)O)c([N+](=O)[O-])c1. The van der Waals surface area contributed by atoms with Crippen molar-refractivity contribution in [1.82, 2.24) is 10.6 Å². The van der Waals surface area contributed by atoms with Gasteiger partial charge in [-0.2, -0.15) is 0 Å². The van der Waals surface area contributed by atoms with E-state index in [1.807, 2.05) is 0 Å². The van der Waals surface area contributed by atoms with Gasteiger partial charge in [0.15, 0.2) is 0 Å². The van der Waals surface area contributed by atoms with Gasteiger partial charge in [0.25, 0.3) is 5.69 Å². The van der Waals surface area contributed by atoms with Crippen LogP contribution in [0.3, 0.4) is 0 Å². The second kappa shape index (κ2) is 17.5. The van der Waals surface area contributed by atoms with E-state index >= 15 is 0 Å². The van der Waals surface area contributed by atoms with Crippen LogP contribution in [0.15, 0.2) is 29.4 Å². The van der Waals surface area contributed by atoms with Crippen molar-refractivity contribution in [2.24, 2.45) is 10.8 Å². The van der Waals surface area contributed by atoms with Gasteiger partial charge in [0, 0.05) is 29.5 Å². The number of hydrogen-bond donors (Lipinski definition) is 6. The highest BCUT2D eigenvalue weighted by Crippen LogP contribution is 2.26. The van der Waals surface area contributed by atoms with Gasteiger partial charge in [0.2, 0.25) is 11.8 Å². The van der Waals surface area contributed by atoms with Crippen molar-refractivity contribution >= 4 is 47.2 Å². The molecule has 7 N–H and O–H groups in total. The van der Waals surface area contributed by atoms with Crippen LogP contribution in [0.2, 0.25) is 0 Å². The molecule has 2 amide bonds. The number of aliphatic carboxylic acids is 3. The summed E-state index contributed by atoms with van der Waals surface area (Å²) in [4.78, 5) is 71.2. The average Bonchev–Trinajstić information content (AvgIpc) is 2.90. The minimum atomic E-state index is -1.40. The standard InChI is InChI=1S/C24H31N7O10/c25-16(22(34)35)6-4-7-17(23(36)37)27-21(33)12-11-18(24(38)39)28-20(32)8-3-1-2-5-14-9-10-15(29-30-26)13-19(14)31(40)41/h2,5,9-10,13,16-18H,1,3-4,6-8,11-12,25H2,(H,27,33)(H,28,32)(H,34,35)(H,36,37)(H,38,39)/b5-2+/t16?,17?,18-/m1/s1. The quantitative estimate of drug-likeness (QED) is 0.0346. The summed E-state index contributed by atoms with van der Waals surface area (Å²) >= 11 is 0. The monoisotopic (exact) mass is 577 g/mol. The molecule has 0 bridgehead atoms. The highest BCUT2D eigenvalue weighted by atomic mass is 16.6. The second-order valence-corrected chi connectivity index (χ2v) is 8.82. The van der Waals surface area contributed by atoms with Crippen molar-refractivity contribution in [2.75, 3.05) is 0 Å². The fourth-order valence-electron chi connectivity index (χ4n) is 3.52. The molecule has 222 valence electrons. The molecule has 0 saturated carbocycles. The number of carboxylic acid groups (broad SMARTS) is 3. The number of allylic oxidation sites excluding steroid dienone is 1. The molecule has 1 rings (SSSR count).